The van der Waals surface area contributed by atoms with Crippen molar-refractivity contribution in [3.05, 3.63) is 29.8 Å². The maximum Gasteiger partial charge on any atom is 0.0874 e. The first-order chi connectivity index (χ1) is 8.29. The maximum absolute atomic E-state index is 9.66. The maximum atomic E-state index is 9.66. The largest absolute Gasteiger partial charge is 0.388 e. The fourth-order valence-corrected chi connectivity index (χ4v) is 1.90. The van der Waals surface area contributed by atoms with Crippen LogP contribution >= 0.6 is 0 Å². The summed E-state index contributed by atoms with van der Waals surface area (Å²) in [5.74, 6) is 0. The van der Waals surface area contributed by atoms with Crippen LogP contribution < -0.4 is 0 Å². The van der Waals surface area contributed by atoms with Gasteiger partial charge in [0.25, 0.3) is 0 Å². The molecule has 0 aliphatic carbocycles. The first kappa shape index (κ1) is 12.0. The van der Waals surface area contributed by atoms with Crippen molar-refractivity contribution in [2.75, 3.05) is 13.1 Å². The minimum Gasteiger partial charge on any atom is -0.388 e. The van der Waals surface area contributed by atoms with Gasteiger partial charge in [-0.3, -0.25) is 5.01 Å². The summed E-state index contributed by atoms with van der Waals surface area (Å²) >= 11 is 0. The number of hydrogen-bond donors (Lipinski definition) is 1. The molecular weight excluding hydrogens is 214 g/mol. The summed E-state index contributed by atoms with van der Waals surface area (Å²) < 4.78 is 0. The number of nitrogens with zero attached hydrogens (tertiary/aromatic N) is 3. The van der Waals surface area contributed by atoms with Crippen LogP contribution in [-0.2, 0) is 0 Å². The van der Waals surface area contributed by atoms with Gasteiger partial charge in [0.2, 0.25) is 0 Å². The summed E-state index contributed by atoms with van der Waals surface area (Å²) in [5.41, 5.74) is 1.77. The highest BCUT2D eigenvalue weighted by molar-refractivity contribution is 5.38. The lowest BCUT2D eigenvalue weighted by Crippen LogP contribution is -2.09. The van der Waals surface area contributed by atoms with Gasteiger partial charge in [0, 0.05) is 13.1 Å². The highest BCUT2D eigenvalue weighted by atomic mass is 16.3. The minimum atomic E-state index is -0.375. The third-order valence-electron chi connectivity index (χ3n) is 3.03. The molecule has 1 heterocycles. The molecule has 1 aliphatic heterocycles. The van der Waals surface area contributed by atoms with Gasteiger partial charge in [0.05, 0.1) is 11.8 Å². The van der Waals surface area contributed by atoms with Crippen molar-refractivity contribution in [3.63, 3.8) is 0 Å². The van der Waals surface area contributed by atoms with Gasteiger partial charge in [-0.15, -0.1) is 5.11 Å². The fraction of sp³-hybridized carbons (Fsp3) is 0.538. The molecule has 1 saturated heterocycles. The lowest BCUT2D eigenvalue weighted by atomic mass is 10.1. The summed E-state index contributed by atoms with van der Waals surface area (Å²) in [6.07, 6.45) is 2.77. The second-order valence-corrected chi connectivity index (χ2v) is 4.37. The van der Waals surface area contributed by atoms with E-state index in [4.69, 9.17) is 0 Å². The molecule has 0 aromatic heterocycles. The van der Waals surface area contributed by atoms with Crippen LogP contribution in [0.25, 0.3) is 0 Å². The second kappa shape index (κ2) is 5.77. The number of aliphatic hydroxyl groups excluding tert-OH is 1. The molecule has 0 radical (unpaired) electrons. The molecule has 1 N–H and O–H groups in total. The summed E-state index contributed by atoms with van der Waals surface area (Å²) in [7, 11) is 0. The van der Waals surface area contributed by atoms with Gasteiger partial charge in [-0.1, -0.05) is 24.3 Å². The van der Waals surface area contributed by atoms with E-state index in [2.05, 4.69) is 10.3 Å². The van der Waals surface area contributed by atoms with Crippen LogP contribution in [0.15, 0.2) is 34.6 Å². The molecule has 4 heteroatoms. The van der Waals surface area contributed by atoms with E-state index < -0.39 is 0 Å². The average molecular weight is 233 g/mol. The number of rotatable bonds is 4. The molecule has 0 amide bonds. The molecule has 1 aliphatic rings. The Bertz CT molecular complexity index is 369. The van der Waals surface area contributed by atoms with E-state index >= 15 is 0 Å². The normalized spacial score (nSPS) is 17.9. The standard InChI is InChI=1S/C13H19N3O/c1-2-13(17)11-5-7-12(8-6-11)14-15-16-9-3-4-10-16/h5-8,13,17H,2-4,9-10H2,1H3. The van der Waals surface area contributed by atoms with Crippen molar-refractivity contribution in [1.82, 2.24) is 5.01 Å². The van der Waals surface area contributed by atoms with Crippen molar-refractivity contribution in [3.8, 4) is 0 Å². The van der Waals surface area contributed by atoms with E-state index in [1.54, 1.807) is 0 Å². The first-order valence-corrected chi connectivity index (χ1v) is 6.24. The molecule has 1 aromatic rings. The lowest BCUT2D eigenvalue weighted by molar-refractivity contribution is 0.173. The molecule has 0 spiro atoms. The average Bonchev–Trinajstić information content (AvgIpc) is 2.89. The van der Waals surface area contributed by atoms with Gasteiger partial charge in [-0.25, -0.2) is 0 Å². The first-order valence-electron chi connectivity index (χ1n) is 6.24. The third-order valence-corrected chi connectivity index (χ3v) is 3.03. The van der Waals surface area contributed by atoms with Crippen LogP contribution in [0.4, 0.5) is 5.69 Å². The predicted molar refractivity (Wildman–Crippen MR) is 67.0 cm³/mol. The van der Waals surface area contributed by atoms with Gasteiger partial charge in [0.1, 0.15) is 0 Å². The van der Waals surface area contributed by atoms with Crippen LogP contribution in [-0.4, -0.2) is 23.2 Å². The second-order valence-electron chi connectivity index (χ2n) is 4.37. The molecule has 4 nitrogen and oxygen atoms in total. The summed E-state index contributed by atoms with van der Waals surface area (Å²) in [5, 5.41) is 20.0. The SMILES string of the molecule is CCC(O)c1ccc(N=NN2CCCC2)cc1. The lowest BCUT2D eigenvalue weighted by Gasteiger charge is -2.08. The molecule has 0 bridgehead atoms. The van der Waals surface area contributed by atoms with Crippen LogP contribution in [0.1, 0.15) is 37.9 Å². The Labute approximate surface area is 102 Å². The molecule has 1 atom stereocenters. The van der Waals surface area contributed by atoms with E-state index in [0.717, 1.165) is 30.8 Å². The molecule has 0 saturated carbocycles. The van der Waals surface area contributed by atoms with Crippen molar-refractivity contribution in [2.45, 2.75) is 32.3 Å². The van der Waals surface area contributed by atoms with Crippen molar-refractivity contribution in [1.29, 1.82) is 0 Å². The van der Waals surface area contributed by atoms with E-state index in [-0.39, 0.29) is 6.10 Å². The zero-order valence-electron chi connectivity index (χ0n) is 10.2. The third kappa shape index (κ3) is 3.27. The van der Waals surface area contributed by atoms with Crippen molar-refractivity contribution < 1.29 is 5.11 Å². The quantitative estimate of drug-likeness (QED) is 0.812. The Morgan fingerprint density at radius 1 is 1.24 bits per heavy atom. The van der Waals surface area contributed by atoms with Gasteiger partial charge in [-0.05, 0) is 37.0 Å². The Kier molecular flexibility index (Phi) is 4.09. The minimum absolute atomic E-state index is 0.375. The Morgan fingerprint density at radius 3 is 2.47 bits per heavy atom. The zero-order chi connectivity index (χ0) is 12.1. The number of hydrogen-bond acceptors (Lipinski definition) is 3. The molecule has 1 fully saturated rings. The molecule has 1 aromatic carbocycles. The molecule has 1 unspecified atom stereocenters. The van der Waals surface area contributed by atoms with Gasteiger partial charge in [0.15, 0.2) is 0 Å². The van der Waals surface area contributed by atoms with Gasteiger partial charge >= 0.3 is 0 Å². The van der Waals surface area contributed by atoms with Gasteiger partial charge in [-0.2, -0.15) is 0 Å². The Balaban J connectivity index is 1.97. The molecule has 17 heavy (non-hydrogen) atoms. The van der Waals surface area contributed by atoms with E-state index in [1.807, 2.05) is 36.2 Å². The smallest absolute Gasteiger partial charge is 0.0874 e. The summed E-state index contributed by atoms with van der Waals surface area (Å²) in [6.45, 7) is 3.98. The Morgan fingerprint density at radius 2 is 1.88 bits per heavy atom. The van der Waals surface area contributed by atoms with Crippen LogP contribution in [0.5, 0.6) is 0 Å². The van der Waals surface area contributed by atoms with Gasteiger partial charge < -0.3 is 5.11 Å². The summed E-state index contributed by atoms with van der Waals surface area (Å²) in [4.78, 5) is 0. The van der Waals surface area contributed by atoms with Crippen LogP contribution in [0.2, 0.25) is 0 Å². The predicted octanol–water partition coefficient (Wildman–Crippen LogP) is 3.22. The van der Waals surface area contributed by atoms with Crippen molar-refractivity contribution in [2.24, 2.45) is 10.3 Å². The molecule has 92 valence electrons. The molecule has 2 rings (SSSR count). The zero-order valence-corrected chi connectivity index (χ0v) is 10.2. The topological polar surface area (TPSA) is 48.2 Å². The van der Waals surface area contributed by atoms with E-state index in [0.29, 0.717) is 0 Å². The highest BCUT2D eigenvalue weighted by Crippen LogP contribution is 2.21. The fourth-order valence-electron chi connectivity index (χ4n) is 1.90. The van der Waals surface area contributed by atoms with E-state index in [9.17, 15) is 5.11 Å². The van der Waals surface area contributed by atoms with Crippen LogP contribution in [0, 0.1) is 0 Å². The van der Waals surface area contributed by atoms with Crippen molar-refractivity contribution >= 4 is 5.69 Å². The number of aliphatic hydroxyl groups is 1. The summed E-state index contributed by atoms with van der Waals surface area (Å²) in [6, 6.07) is 7.61. The number of benzene rings is 1. The monoisotopic (exact) mass is 233 g/mol. The Hall–Kier alpha value is -1.42. The van der Waals surface area contributed by atoms with E-state index in [1.165, 1.54) is 12.8 Å². The van der Waals surface area contributed by atoms with Crippen LogP contribution in [0.3, 0.4) is 0 Å². The molecular formula is C13H19N3O. The highest BCUT2D eigenvalue weighted by Gasteiger charge is 2.08.